The third-order valence-corrected chi connectivity index (χ3v) is 5.82. The summed E-state index contributed by atoms with van der Waals surface area (Å²) in [5.41, 5.74) is -0.107. The molecule has 0 atom stereocenters. The number of methoxy groups -OCH3 is 2. The molecule has 0 aliphatic heterocycles. The van der Waals surface area contributed by atoms with E-state index in [9.17, 15) is 18.0 Å². The molecule has 0 fully saturated rings. The lowest BCUT2D eigenvalue weighted by molar-refractivity contribution is -0.117. The molecule has 10 heteroatoms. The third-order valence-electron chi connectivity index (χ3n) is 4.15. The lowest BCUT2D eigenvalue weighted by atomic mass is 10.3. The van der Waals surface area contributed by atoms with Gasteiger partial charge in [-0.05, 0) is 54.6 Å². The molecule has 156 valence electrons. The molecule has 0 aliphatic carbocycles. The lowest BCUT2D eigenvalue weighted by Gasteiger charge is -2.09. The largest absolute Gasteiger partial charge is 0.497 e. The molecule has 1 amide bonds. The fourth-order valence-corrected chi connectivity index (χ4v) is 3.76. The number of anilines is 1. The van der Waals surface area contributed by atoms with E-state index in [0.29, 0.717) is 17.2 Å². The third kappa shape index (κ3) is 4.66. The van der Waals surface area contributed by atoms with E-state index < -0.39 is 27.8 Å². The van der Waals surface area contributed by atoms with Gasteiger partial charge in [0.1, 0.15) is 18.0 Å². The summed E-state index contributed by atoms with van der Waals surface area (Å²) >= 11 is 0. The molecule has 30 heavy (non-hydrogen) atoms. The smallest absolute Gasteiger partial charge is 0.267 e. The highest BCUT2D eigenvalue weighted by Crippen LogP contribution is 2.21. The molecule has 0 radical (unpaired) electrons. The average molecular weight is 429 g/mol. The first-order chi connectivity index (χ1) is 14.3. The van der Waals surface area contributed by atoms with Crippen molar-refractivity contribution < 1.29 is 22.7 Å². The Kier molecular flexibility index (Phi) is 6.17. The normalized spacial score (nSPS) is 11.0. The maximum atomic E-state index is 12.8. The predicted octanol–water partition coefficient (Wildman–Crippen LogP) is 1.73. The Labute approximate surface area is 172 Å². The zero-order valence-electron chi connectivity index (χ0n) is 16.2. The molecule has 3 rings (SSSR count). The van der Waals surface area contributed by atoms with Crippen molar-refractivity contribution in [3.8, 4) is 11.5 Å². The Balaban J connectivity index is 1.81. The van der Waals surface area contributed by atoms with E-state index in [0.717, 1.165) is 16.8 Å². The number of carbonyl (C=O) groups excluding carboxylic acids is 1. The highest BCUT2D eigenvalue weighted by Gasteiger charge is 2.21. The van der Waals surface area contributed by atoms with Crippen LogP contribution in [0.3, 0.4) is 0 Å². The summed E-state index contributed by atoms with van der Waals surface area (Å²) in [6.07, 6.45) is 0. The second-order valence-electron chi connectivity index (χ2n) is 6.12. The van der Waals surface area contributed by atoms with Gasteiger partial charge in [0.25, 0.3) is 5.56 Å². The van der Waals surface area contributed by atoms with E-state index in [1.54, 1.807) is 24.3 Å². The maximum absolute atomic E-state index is 12.8. The molecule has 9 nitrogen and oxygen atoms in total. The molecule has 0 spiro atoms. The summed E-state index contributed by atoms with van der Waals surface area (Å²) < 4.78 is 36.5. The van der Waals surface area contributed by atoms with Crippen LogP contribution in [0, 0.1) is 0 Å². The number of nitrogens with zero attached hydrogens (tertiary/aromatic N) is 2. The summed E-state index contributed by atoms with van der Waals surface area (Å²) in [6.45, 7) is -0.448. The van der Waals surface area contributed by atoms with E-state index in [4.69, 9.17) is 9.47 Å². The highest BCUT2D eigenvalue weighted by molar-refractivity contribution is 7.91. The van der Waals surface area contributed by atoms with Crippen LogP contribution in [0.1, 0.15) is 0 Å². The fourth-order valence-electron chi connectivity index (χ4n) is 2.57. The monoisotopic (exact) mass is 429 g/mol. The van der Waals surface area contributed by atoms with E-state index >= 15 is 0 Å². The van der Waals surface area contributed by atoms with Crippen LogP contribution >= 0.6 is 0 Å². The Bertz CT molecular complexity index is 1200. The van der Waals surface area contributed by atoms with Crippen LogP contribution in [0.5, 0.6) is 11.5 Å². The van der Waals surface area contributed by atoms with E-state index in [1.807, 2.05) is 0 Å². The summed E-state index contributed by atoms with van der Waals surface area (Å²) in [5, 5.41) is 6.15. The van der Waals surface area contributed by atoms with Crippen molar-refractivity contribution in [2.75, 3.05) is 19.5 Å². The number of ether oxygens (including phenoxy) is 2. The summed E-state index contributed by atoms with van der Waals surface area (Å²) in [7, 11) is -0.981. The van der Waals surface area contributed by atoms with Gasteiger partial charge in [0, 0.05) is 11.8 Å². The van der Waals surface area contributed by atoms with Crippen molar-refractivity contribution in [2.24, 2.45) is 0 Å². The van der Waals surface area contributed by atoms with E-state index in [-0.39, 0.29) is 9.92 Å². The second kappa shape index (κ2) is 8.78. The Hall–Kier alpha value is -3.66. The van der Waals surface area contributed by atoms with Crippen molar-refractivity contribution >= 4 is 21.4 Å². The minimum absolute atomic E-state index is 0.0105. The van der Waals surface area contributed by atoms with Gasteiger partial charge in [-0.15, -0.1) is 0 Å². The Morgan fingerprint density at radius 1 is 0.933 bits per heavy atom. The number of rotatable bonds is 7. The van der Waals surface area contributed by atoms with Gasteiger partial charge in [-0.2, -0.15) is 5.10 Å². The van der Waals surface area contributed by atoms with E-state index in [1.165, 1.54) is 38.5 Å². The molecule has 0 aliphatic rings. The van der Waals surface area contributed by atoms with Gasteiger partial charge in [0.05, 0.1) is 19.1 Å². The molecule has 1 aromatic heterocycles. The maximum Gasteiger partial charge on any atom is 0.267 e. The number of amides is 1. The standard InChI is InChI=1S/C20H19N3O6S/c1-28-15-5-3-14(4-6-15)21-18(24)13-23-20(25)12-11-19(22-23)30(26,27)17-9-7-16(29-2)8-10-17/h3-12H,13H2,1-2H3,(H,21,24). The quantitative estimate of drug-likeness (QED) is 0.608. The highest BCUT2D eigenvalue weighted by atomic mass is 32.2. The van der Waals surface area contributed by atoms with Gasteiger partial charge in [0.2, 0.25) is 15.7 Å². The zero-order valence-corrected chi connectivity index (χ0v) is 17.0. The SMILES string of the molecule is COc1ccc(NC(=O)Cn2nc(S(=O)(=O)c3ccc(OC)cc3)ccc2=O)cc1. The average Bonchev–Trinajstić information content (AvgIpc) is 2.75. The van der Waals surface area contributed by atoms with Crippen LogP contribution in [0.15, 0.2) is 75.4 Å². The van der Waals surface area contributed by atoms with Crippen LogP contribution in [-0.4, -0.2) is 38.3 Å². The molecule has 0 saturated heterocycles. The van der Waals surface area contributed by atoms with Gasteiger partial charge >= 0.3 is 0 Å². The van der Waals surface area contributed by atoms with Crippen LogP contribution in [0.4, 0.5) is 5.69 Å². The first-order valence-electron chi connectivity index (χ1n) is 8.74. The number of nitrogens with one attached hydrogen (secondary N) is 1. The van der Waals surface area contributed by atoms with Gasteiger partial charge in [-0.1, -0.05) is 0 Å². The summed E-state index contributed by atoms with van der Waals surface area (Å²) in [5.74, 6) is 0.596. The van der Waals surface area contributed by atoms with Gasteiger partial charge in [-0.25, -0.2) is 13.1 Å². The molecule has 3 aromatic rings. The number of aromatic nitrogens is 2. The number of benzene rings is 2. The van der Waals surface area contributed by atoms with Crippen LogP contribution in [0.25, 0.3) is 0 Å². The molecular formula is C20H19N3O6S. The Morgan fingerprint density at radius 2 is 1.50 bits per heavy atom. The predicted molar refractivity (Wildman–Crippen MR) is 109 cm³/mol. The Morgan fingerprint density at radius 3 is 2.07 bits per heavy atom. The second-order valence-corrected chi connectivity index (χ2v) is 8.02. The van der Waals surface area contributed by atoms with Crippen molar-refractivity contribution in [3.63, 3.8) is 0 Å². The first-order valence-corrected chi connectivity index (χ1v) is 10.2. The number of sulfone groups is 1. The minimum Gasteiger partial charge on any atom is -0.497 e. The van der Waals surface area contributed by atoms with E-state index in [2.05, 4.69) is 10.4 Å². The molecule has 1 N–H and O–H groups in total. The van der Waals surface area contributed by atoms with Crippen molar-refractivity contribution in [1.82, 2.24) is 9.78 Å². The van der Waals surface area contributed by atoms with Crippen LogP contribution in [0.2, 0.25) is 0 Å². The van der Waals surface area contributed by atoms with Crippen molar-refractivity contribution in [2.45, 2.75) is 16.5 Å². The van der Waals surface area contributed by atoms with Gasteiger partial charge < -0.3 is 14.8 Å². The first kappa shape index (κ1) is 21.1. The molecular weight excluding hydrogens is 410 g/mol. The minimum atomic E-state index is -3.98. The van der Waals surface area contributed by atoms with Crippen LogP contribution in [-0.2, 0) is 21.2 Å². The summed E-state index contributed by atoms with van der Waals surface area (Å²) in [6, 6.07) is 14.5. The van der Waals surface area contributed by atoms with Crippen molar-refractivity contribution in [3.05, 3.63) is 71.0 Å². The molecule has 2 aromatic carbocycles. The molecule has 0 unspecified atom stereocenters. The molecule has 1 heterocycles. The van der Waals surface area contributed by atoms with Gasteiger partial charge in [0.15, 0.2) is 5.03 Å². The summed E-state index contributed by atoms with van der Waals surface area (Å²) in [4.78, 5) is 24.4. The van der Waals surface area contributed by atoms with Crippen molar-refractivity contribution in [1.29, 1.82) is 0 Å². The number of carbonyl (C=O) groups is 1. The topological polar surface area (TPSA) is 117 Å². The van der Waals surface area contributed by atoms with Gasteiger partial charge in [-0.3, -0.25) is 9.59 Å². The fraction of sp³-hybridized carbons (Fsp3) is 0.150. The number of hydrogen-bond donors (Lipinski definition) is 1. The molecule has 0 saturated carbocycles. The number of hydrogen-bond acceptors (Lipinski definition) is 7. The lowest BCUT2D eigenvalue weighted by Crippen LogP contribution is -2.30. The van der Waals surface area contributed by atoms with Crippen LogP contribution < -0.4 is 20.3 Å². The zero-order chi connectivity index (χ0) is 21.7. The molecule has 0 bridgehead atoms.